The van der Waals surface area contributed by atoms with Gasteiger partial charge in [-0.1, -0.05) is 60.7 Å². The highest BCUT2D eigenvalue weighted by Gasteiger charge is 2.29. The molecule has 34 heavy (non-hydrogen) atoms. The van der Waals surface area contributed by atoms with E-state index in [0.717, 1.165) is 22.4 Å². The van der Waals surface area contributed by atoms with Gasteiger partial charge in [0.15, 0.2) is 11.9 Å². The largest absolute Gasteiger partial charge is 0.479 e. The van der Waals surface area contributed by atoms with Gasteiger partial charge in [-0.3, -0.25) is 4.79 Å². The first-order valence-corrected chi connectivity index (χ1v) is 10.8. The second-order valence-corrected chi connectivity index (χ2v) is 7.90. The number of carboxylic acids is 1. The van der Waals surface area contributed by atoms with E-state index in [-0.39, 0.29) is 12.0 Å². The van der Waals surface area contributed by atoms with Gasteiger partial charge in [-0.05, 0) is 36.6 Å². The molecule has 0 radical (unpaired) electrons. The zero-order valence-corrected chi connectivity index (χ0v) is 18.5. The summed E-state index contributed by atoms with van der Waals surface area (Å²) in [4.78, 5) is 29.1. The fourth-order valence-electron chi connectivity index (χ4n) is 3.73. The van der Waals surface area contributed by atoms with Crippen molar-refractivity contribution in [1.82, 2.24) is 20.1 Å². The molecule has 0 aliphatic heterocycles. The van der Waals surface area contributed by atoms with Gasteiger partial charge < -0.3 is 15.5 Å². The van der Waals surface area contributed by atoms with E-state index in [1.54, 1.807) is 36.7 Å². The third kappa shape index (κ3) is 5.02. The Morgan fingerprint density at radius 1 is 1.00 bits per heavy atom. The number of hydrogen-bond donors (Lipinski definition) is 3. The van der Waals surface area contributed by atoms with Gasteiger partial charge in [-0.15, -0.1) is 0 Å². The lowest BCUT2D eigenvalue weighted by atomic mass is 10.0. The van der Waals surface area contributed by atoms with Gasteiger partial charge in [0.25, 0.3) is 5.91 Å². The summed E-state index contributed by atoms with van der Waals surface area (Å²) in [6, 6.07) is 20.9. The van der Waals surface area contributed by atoms with E-state index in [0.29, 0.717) is 5.82 Å². The van der Waals surface area contributed by atoms with E-state index in [9.17, 15) is 19.8 Å². The summed E-state index contributed by atoms with van der Waals surface area (Å²) in [5.74, 6) is -1.67. The number of amides is 1. The molecule has 0 saturated carbocycles. The van der Waals surface area contributed by atoms with Crippen LogP contribution in [0.25, 0.3) is 17.1 Å². The number of hydrogen-bond acceptors (Lipinski definition) is 5. The van der Waals surface area contributed by atoms with Crippen molar-refractivity contribution in [3.05, 3.63) is 102 Å². The van der Waals surface area contributed by atoms with Crippen molar-refractivity contribution >= 4 is 11.9 Å². The highest BCUT2D eigenvalue weighted by molar-refractivity contribution is 5.97. The SMILES string of the molecule is Cc1cn(-c2ncccc2C(=O)NC(Cc2ccccc2)C(O)C(=O)O)nc1-c1ccccc1. The number of carbonyl (C=O) groups excluding carboxylic acids is 1. The Morgan fingerprint density at radius 2 is 1.68 bits per heavy atom. The molecule has 4 rings (SSSR count). The van der Waals surface area contributed by atoms with Gasteiger partial charge in [-0.25, -0.2) is 14.5 Å². The Labute approximate surface area is 196 Å². The van der Waals surface area contributed by atoms with Gasteiger partial charge >= 0.3 is 5.97 Å². The number of aliphatic hydroxyl groups excluding tert-OH is 1. The topological polar surface area (TPSA) is 117 Å². The van der Waals surface area contributed by atoms with Crippen LogP contribution in [0.4, 0.5) is 0 Å². The molecule has 2 aromatic heterocycles. The molecule has 0 bridgehead atoms. The first kappa shape index (κ1) is 22.9. The van der Waals surface area contributed by atoms with E-state index in [1.807, 2.05) is 55.5 Å². The van der Waals surface area contributed by atoms with E-state index < -0.39 is 24.0 Å². The van der Waals surface area contributed by atoms with Crippen LogP contribution in [0.5, 0.6) is 0 Å². The zero-order chi connectivity index (χ0) is 24.1. The lowest BCUT2D eigenvalue weighted by Gasteiger charge is -2.22. The minimum atomic E-state index is -1.78. The molecule has 3 N–H and O–H groups in total. The van der Waals surface area contributed by atoms with Gasteiger partial charge in [0.05, 0.1) is 17.3 Å². The average molecular weight is 457 g/mol. The maximum atomic E-state index is 13.2. The predicted octanol–water partition coefficient (Wildman–Crippen LogP) is 3.03. The Balaban J connectivity index is 1.64. The van der Waals surface area contributed by atoms with Crippen LogP contribution >= 0.6 is 0 Å². The van der Waals surface area contributed by atoms with Crippen LogP contribution in [0.2, 0.25) is 0 Å². The number of carbonyl (C=O) groups is 2. The third-order valence-corrected chi connectivity index (χ3v) is 5.44. The number of aliphatic hydroxyl groups is 1. The molecule has 8 nitrogen and oxygen atoms in total. The molecule has 2 aromatic carbocycles. The number of nitrogens with one attached hydrogen (secondary N) is 1. The molecule has 4 aromatic rings. The van der Waals surface area contributed by atoms with Gasteiger partial charge in [0.1, 0.15) is 0 Å². The lowest BCUT2D eigenvalue weighted by molar-refractivity contribution is -0.148. The number of nitrogens with zero attached hydrogens (tertiary/aromatic N) is 3. The molecule has 8 heteroatoms. The molecular weight excluding hydrogens is 432 g/mol. The second kappa shape index (κ2) is 10.1. The molecule has 1 amide bonds. The minimum Gasteiger partial charge on any atom is -0.479 e. The molecule has 2 heterocycles. The van der Waals surface area contributed by atoms with Crippen LogP contribution < -0.4 is 5.32 Å². The molecule has 0 aliphatic rings. The summed E-state index contributed by atoms with van der Waals surface area (Å²) < 4.78 is 1.53. The number of aryl methyl sites for hydroxylation is 1. The van der Waals surface area contributed by atoms with Crippen molar-refractivity contribution in [2.24, 2.45) is 0 Å². The number of aliphatic carboxylic acids is 1. The molecule has 0 aliphatic carbocycles. The number of rotatable bonds is 8. The lowest BCUT2D eigenvalue weighted by Crippen LogP contribution is -2.48. The van der Waals surface area contributed by atoms with Crippen molar-refractivity contribution in [2.45, 2.75) is 25.5 Å². The fraction of sp³-hybridized carbons (Fsp3) is 0.154. The third-order valence-electron chi connectivity index (χ3n) is 5.44. The Kier molecular flexibility index (Phi) is 6.79. The summed E-state index contributed by atoms with van der Waals surface area (Å²) in [6.07, 6.45) is 1.71. The van der Waals surface area contributed by atoms with E-state index in [4.69, 9.17) is 0 Å². The predicted molar refractivity (Wildman–Crippen MR) is 127 cm³/mol. The quantitative estimate of drug-likeness (QED) is 0.375. The summed E-state index contributed by atoms with van der Waals surface area (Å²) in [7, 11) is 0. The van der Waals surface area contributed by atoms with Crippen molar-refractivity contribution in [2.75, 3.05) is 0 Å². The second-order valence-electron chi connectivity index (χ2n) is 7.90. The summed E-state index contributed by atoms with van der Waals surface area (Å²) in [6.45, 7) is 1.92. The van der Waals surface area contributed by atoms with Gasteiger partial charge in [-0.2, -0.15) is 5.10 Å². The van der Waals surface area contributed by atoms with Crippen molar-refractivity contribution in [3.63, 3.8) is 0 Å². The number of aromatic nitrogens is 3. The van der Waals surface area contributed by atoms with Crippen molar-refractivity contribution in [3.8, 4) is 17.1 Å². The van der Waals surface area contributed by atoms with Crippen LogP contribution in [0, 0.1) is 6.92 Å². The average Bonchev–Trinajstić information content (AvgIpc) is 3.25. The molecule has 172 valence electrons. The minimum absolute atomic E-state index is 0.147. The summed E-state index contributed by atoms with van der Waals surface area (Å²) in [5.41, 5.74) is 3.61. The van der Waals surface area contributed by atoms with Crippen molar-refractivity contribution in [1.29, 1.82) is 0 Å². The zero-order valence-electron chi connectivity index (χ0n) is 18.5. The highest BCUT2D eigenvalue weighted by atomic mass is 16.4. The maximum Gasteiger partial charge on any atom is 0.334 e. The van der Waals surface area contributed by atoms with Crippen LogP contribution in [0.15, 0.2) is 85.2 Å². The number of carboxylic acid groups (broad SMARTS) is 1. The first-order chi connectivity index (χ1) is 16.4. The normalized spacial score (nSPS) is 12.6. The molecule has 0 saturated heterocycles. The molecule has 0 fully saturated rings. The first-order valence-electron chi connectivity index (χ1n) is 10.8. The fourth-order valence-corrected chi connectivity index (χ4v) is 3.73. The van der Waals surface area contributed by atoms with Gasteiger partial charge in [0.2, 0.25) is 0 Å². The monoisotopic (exact) mass is 456 g/mol. The Morgan fingerprint density at radius 3 is 2.35 bits per heavy atom. The van der Waals surface area contributed by atoms with Crippen LogP contribution in [0.3, 0.4) is 0 Å². The van der Waals surface area contributed by atoms with Crippen LogP contribution in [-0.4, -0.2) is 49.0 Å². The number of benzene rings is 2. The smallest absolute Gasteiger partial charge is 0.334 e. The van der Waals surface area contributed by atoms with Crippen LogP contribution in [-0.2, 0) is 11.2 Å². The molecule has 2 unspecified atom stereocenters. The molecule has 2 atom stereocenters. The maximum absolute atomic E-state index is 13.2. The molecule has 0 spiro atoms. The number of pyridine rings is 1. The summed E-state index contributed by atoms with van der Waals surface area (Å²) >= 11 is 0. The standard InChI is InChI=1S/C26H24N4O4/c1-17-16-30(29-22(17)19-11-6-3-7-12-19)24-20(13-8-14-27-24)25(32)28-21(23(31)26(33)34)15-18-9-4-2-5-10-18/h2-14,16,21,23,31H,15H2,1H3,(H,28,32)(H,33,34). The van der Waals surface area contributed by atoms with E-state index >= 15 is 0 Å². The van der Waals surface area contributed by atoms with Gasteiger partial charge in [0, 0.05) is 18.0 Å². The molecular formula is C26H24N4O4. The van der Waals surface area contributed by atoms with Crippen LogP contribution in [0.1, 0.15) is 21.5 Å². The highest BCUT2D eigenvalue weighted by Crippen LogP contribution is 2.23. The van der Waals surface area contributed by atoms with E-state index in [1.165, 1.54) is 4.68 Å². The Bertz CT molecular complexity index is 1290. The van der Waals surface area contributed by atoms with E-state index in [2.05, 4.69) is 15.4 Å². The Hall–Kier alpha value is -4.30. The van der Waals surface area contributed by atoms with Crippen molar-refractivity contribution < 1.29 is 19.8 Å². The summed E-state index contributed by atoms with van der Waals surface area (Å²) in [5, 5.41) is 26.9.